The van der Waals surface area contributed by atoms with Gasteiger partial charge in [-0.05, 0) is 43.5 Å². The molecule has 144 valence electrons. The largest absolute Gasteiger partial charge is 0.293 e. The van der Waals surface area contributed by atoms with Gasteiger partial charge in [0, 0.05) is 13.0 Å². The van der Waals surface area contributed by atoms with Crippen LogP contribution in [-0.2, 0) is 4.79 Å². The summed E-state index contributed by atoms with van der Waals surface area (Å²) in [5.74, 6) is -0.573. The van der Waals surface area contributed by atoms with Gasteiger partial charge in [-0.15, -0.1) is 0 Å². The lowest BCUT2D eigenvalue weighted by molar-refractivity contribution is -0.113. The second-order valence-corrected chi connectivity index (χ2v) is 6.62. The minimum atomic E-state index is -0.276. The van der Waals surface area contributed by atoms with Crippen LogP contribution in [0.25, 0.3) is 0 Å². The quantitative estimate of drug-likeness (QED) is 0.408. The van der Waals surface area contributed by atoms with Crippen molar-refractivity contribution >= 4 is 29.0 Å². The van der Waals surface area contributed by atoms with Gasteiger partial charge in [-0.3, -0.25) is 24.7 Å². The number of rotatable bonds is 9. The number of nitrogens with zero attached hydrogens (tertiary/aromatic N) is 2. The highest BCUT2D eigenvalue weighted by molar-refractivity contribution is 6.39. The standard InChI is InChI=1S/C22H23N3O3/c1-2-9-20(26)19(24-23-16-10-4-3-5-11-16)14-8-15-25-21(27)17-12-6-7-13-18(17)22(25)28/h3-7,10-13,23H,2,8-9,14-15H2,1H3. The molecule has 28 heavy (non-hydrogen) atoms. The predicted octanol–water partition coefficient (Wildman–Crippen LogP) is 3.90. The Hall–Kier alpha value is -3.28. The van der Waals surface area contributed by atoms with Gasteiger partial charge in [-0.25, -0.2) is 0 Å². The number of benzene rings is 2. The van der Waals surface area contributed by atoms with Gasteiger partial charge in [0.2, 0.25) is 0 Å². The van der Waals surface area contributed by atoms with Gasteiger partial charge in [0.25, 0.3) is 11.8 Å². The Morgan fingerprint density at radius 2 is 1.54 bits per heavy atom. The van der Waals surface area contributed by atoms with Crippen LogP contribution < -0.4 is 5.43 Å². The van der Waals surface area contributed by atoms with Crippen LogP contribution in [0.15, 0.2) is 59.7 Å². The van der Waals surface area contributed by atoms with Crippen molar-refractivity contribution in [2.75, 3.05) is 12.0 Å². The lowest BCUT2D eigenvalue weighted by Crippen LogP contribution is -2.31. The van der Waals surface area contributed by atoms with Gasteiger partial charge in [-0.1, -0.05) is 37.3 Å². The average Bonchev–Trinajstić information content (AvgIpc) is 2.96. The zero-order valence-electron chi connectivity index (χ0n) is 15.9. The number of carbonyl (C=O) groups excluding carboxylic acids is 3. The minimum Gasteiger partial charge on any atom is -0.293 e. The summed E-state index contributed by atoms with van der Waals surface area (Å²) in [6.07, 6.45) is 2.03. The molecular formula is C22H23N3O3. The number of hydrazone groups is 1. The molecule has 2 aromatic carbocycles. The normalized spacial score (nSPS) is 13.6. The first-order chi connectivity index (χ1) is 13.6. The molecule has 0 radical (unpaired) electrons. The molecule has 0 saturated carbocycles. The Kier molecular flexibility index (Phi) is 6.32. The molecule has 1 aliphatic heterocycles. The van der Waals surface area contributed by atoms with Crippen LogP contribution in [0.2, 0.25) is 0 Å². The first kappa shape index (κ1) is 19.5. The molecule has 3 rings (SSSR count). The Balaban J connectivity index is 1.63. The van der Waals surface area contributed by atoms with Crippen molar-refractivity contribution in [3.63, 3.8) is 0 Å². The maximum atomic E-state index is 12.4. The molecule has 0 aliphatic carbocycles. The van der Waals surface area contributed by atoms with Crippen molar-refractivity contribution in [2.24, 2.45) is 5.10 Å². The van der Waals surface area contributed by atoms with Gasteiger partial charge in [0.1, 0.15) is 5.71 Å². The molecule has 0 unspecified atom stereocenters. The summed E-state index contributed by atoms with van der Waals surface area (Å²) >= 11 is 0. The van der Waals surface area contributed by atoms with E-state index in [0.717, 1.165) is 12.1 Å². The number of fused-ring (bicyclic) bond motifs is 1. The number of Topliss-reactive ketones (excluding diaryl/α,β-unsaturated/α-hetero) is 1. The number of nitrogens with one attached hydrogen (secondary N) is 1. The molecule has 1 aliphatic rings. The van der Waals surface area contributed by atoms with Crippen molar-refractivity contribution in [2.45, 2.75) is 32.6 Å². The van der Waals surface area contributed by atoms with E-state index >= 15 is 0 Å². The van der Waals surface area contributed by atoms with E-state index in [1.165, 1.54) is 4.90 Å². The molecule has 0 fully saturated rings. The third-order valence-electron chi connectivity index (χ3n) is 4.57. The molecule has 1 heterocycles. The van der Waals surface area contributed by atoms with E-state index < -0.39 is 0 Å². The predicted molar refractivity (Wildman–Crippen MR) is 108 cm³/mol. The second-order valence-electron chi connectivity index (χ2n) is 6.62. The lowest BCUT2D eigenvalue weighted by Gasteiger charge is -2.14. The fraction of sp³-hybridized carbons (Fsp3) is 0.273. The number of para-hydroxylation sites is 1. The Bertz CT molecular complexity index is 871. The van der Waals surface area contributed by atoms with Crippen molar-refractivity contribution < 1.29 is 14.4 Å². The molecule has 0 bridgehead atoms. The summed E-state index contributed by atoms with van der Waals surface area (Å²) in [5.41, 5.74) is 5.02. The summed E-state index contributed by atoms with van der Waals surface area (Å²) in [7, 11) is 0. The summed E-state index contributed by atoms with van der Waals surface area (Å²) in [5, 5.41) is 4.28. The molecular weight excluding hydrogens is 354 g/mol. The smallest absolute Gasteiger partial charge is 0.261 e. The SMILES string of the molecule is CCCC(=O)C(CCCN1C(=O)c2ccccc2C1=O)=NNc1ccccc1. The van der Waals surface area contributed by atoms with Crippen LogP contribution in [0.4, 0.5) is 5.69 Å². The van der Waals surface area contributed by atoms with E-state index in [2.05, 4.69) is 10.5 Å². The van der Waals surface area contributed by atoms with Crippen LogP contribution in [0.1, 0.15) is 53.3 Å². The summed E-state index contributed by atoms with van der Waals surface area (Å²) in [4.78, 5) is 38.5. The van der Waals surface area contributed by atoms with E-state index in [0.29, 0.717) is 36.1 Å². The fourth-order valence-electron chi connectivity index (χ4n) is 3.12. The molecule has 6 heteroatoms. The van der Waals surface area contributed by atoms with E-state index in [1.807, 2.05) is 37.3 Å². The second kappa shape index (κ2) is 9.08. The van der Waals surface area contributed by atoms with Crippen LogP contribution in [-0.4, -0.2) is 34.8 Å². The summed E-state index contributed by atoms with van der Waals surface area (Å²) < 4.78 is 0. The number of imide groups is 1. The van der Waals surface area contributed by atoms with E-state index in [1.54, 1.807) is 24.3 Å². The molecule has 1 N–H and O–H groups in total. The van der Waals surface area contributed by atoms with Gasteiger partial charge in [-0.2, -0.15) is 5.10 Å². The van der Waals surface area contributed by atoms with Crippen molar-refractivity contribution in [1.29, 1.82) is 0 Å². The third kappa shape index (κ3) is 4.34. The maximum absolute atomic E-state index is 12.4. The first-order valence-corrected chi connectivity index (χ1v) is 9.48. The van der Waals surface area contributed by atoms with Gasteiger partial charge in [0.15, 0.2) is 5.78 Å². The van der Waals surface area contributed by atoms with Crippen molar-refractivity contribution in [3.05, 3.63) is 65.7 Å². The highest BCUT2D eigenvalue weighted by Gasteiger charge is 2.34. The van der Waals surface area contributed by atoms with Crippen molar-refractivity contribution in [3.8, 4) is 0 Å². The van der Waals surface area contributed by atoms with Gasteiger partial charge in [0.05, 0.1) is 16.8 Å². The number of ketones is 1. The van der Waals surface area contributed by atoms with Crippen LogP contribution in [0.5, 0.6) is 0 Å². The lowest BCUT2D eigenvalue weighted by atomic mass is 10.1. The third-order valence-corrected chi connectivity index (χ3v) is 4.57. The summed E-state index contributed by atoms with van der Waals surface area (Å²) in [6.45, 7) is 2.20. The Labute approximate surface area is 164 Å². The molecule has 0 atom stereocenters. The number of carbonyl (C=O) groups is 3. The molecule has 0 aromatic heterocycles. The van der Waals surface area contributed by atoms with Crippen molar-refractivity contribution in [1.82, 2.24) is 4.90 Å². The number of amides is 2. The van der Waals surface area contributed by atoms with Gasteiger partial charge >= 0.3 is 0 Å². The first-order valence-electron chi connectivity index (χ1n) is 9.48. The summed E-state index contributed by atoms with van der Waals surface area (Å²) in [6, 6.07) is 16.2. The molecule has 0 spiro atoms. The van der Waals surface area contributed by atoms with Crippen LogP contribution >= 0.6 is 0 Å². The number of hydrogen-bond acceptors (Lipinski definition) is 5. The number of hydrogen-bond donors (Lipinski definition) is 1. The monoisotopic (exact) mass is 377 g/mol. The molecule has 2 aromatic rings. The van der Waals surface area contributed by atoms with Crippen LogP contribution in [0, 0.1) is 0 Å². The number of anilines is 1. The highest BCUT2D eigenvalue weighted by Crippen LogP contribution is 2.22. The molecule has 2 amide bonds. The van der Waals surface area contributed by atoms with E-state index in [4.69, 9.17) is 0 Å². The van der Waals surface area contributed by atoms with Gasteiger partial charge < -0.3 is 0 Å². The van der Waals surface area contributed by atoms with E-state index in [9.17, 15) is 14.4 Å². The average molecular weight is 377 g/mol. The molecule has 0 saturated heterocycles. The zero-order chi connectivity index (χ0) is 19.9. The maximum Gasteiger partial charge on any atom is 0.261 e. The topological polar surface area (TPSA) is 78.8 Å². The van der Waals surface area contributed by atoms with E-state index in [-0.39, 0.29) is 24.1 Å². The minimum absolute atomic E-state index is 0.0201. The Morgan fingerprint density at radius 3 is 2.14 bits per heavy atom. The zero-order valence-corrected chi connectivity index (χ0v) is 15.9. The highest BCUT2D eigenvalue weighted by atomic mass is 16.2. The fourth-order valence-corrected chi connectivity index (χ4v) is 3.12. The molecule has 6 nitrogen and oxygen atoms in total. The Morgan fingerprint density at radius 1 is 0.929 bits per heavy atom. The van der Waals surface area contributed by atoms with Crippen LogP contribution in [0.3, 0.4) is 0 Å².